The highest BCUT2D eigenvalue weighted by molar-refractivity contribution is 7.92. The number of anilines is 1. The molecule has 2 amide bonds. The van der Waals surface area contributed by atoms with Crippen molar-refractivity contribution in [2.75, 3.05) is 17.1 Å². The first kappa shape index (κ1) is 29.6. The molecule has 36 heavy (non-hydrogen) atoms. The minimum Gasteiger partial charge on any atom is -0.352 e. The predicted octanol–water partition coefficient (Wildman–Crippen LogP) is 4.92. The second-order valence-corrected chi connectivity index (χ2v) is 11.5. The second-order valence-electron chi connectivity index (χ2n) is 9.12. The molecular formula is C27H38ClN3O4S. The van der Waals surface area contributed by atoms with E-state index in [1.807, 2.05) is 58.0 Å². The standard InChI is InChI=1S/C27H38ClN3O4S/c1-6-21(4)29-27(33)24(7-2)30(19-22-12-9-8-10-13-22)26(32)14-11-17-31(36(5,34)35)25-18-23(28)16-15-20(25)3/h8-10,12-13,15-16,18,21,24H,6-7,11,14,17,19H2,1-5H3,(H,29,33). The normalized spacial score (nSPS) is 13.1. The number of nitrogens with one attached hydrogen (secondary N) is 1. The molecule has 0 aliphatic carbocycles. The summed E-state index contributed by atoms with van der Waals surface area (Å²) in [6.45, 7) is 8.06. The summed E-state index contributed by atoms with van der Waals surface area (Å²) in [5.74, 6) is -0.371. The third kappa shape index (κ3) is 8.52. The van der Waals surface area contributed by atoms with Crippen LogP contribution in [0, 0.1) is 6.92 Å². The Morgan fingerprint density at radius 1 is 1.06 bits per heavy atom. The minimum atomic E-state index is -3.59. The molecule has 0 aliphatic heterocycles. The van der Waals surface area contributed by atoms with Gasteiger partial charge < -0.3 is 10.2 Å². The number of amides is 2. The van der Waals surface area contributed by atoms with E-state index in [0.717, 1.165) is 23.8 Å². The molecule has 0 fully saturated rings. The van der Waals surface area contributed by atoms with Crippen LogP contribution >= 0.6 is 11.6 Å². The summed E-state index contributed by atoms with van der Waals surface area (Å²) in [4.78, 5) is 28.1. The molecule has 0 aliphatic rings. The van der Waals surface area contributed by atoms with Crippen LogP contribution in [0.3, 0.4) is 0 Å². The molecule has 0 saturated carbocycles. The van der Waals surface area contributed by atoms with Crippen molar-refractivity contribution >= 4 is 39.1 Å². The van der Waals surface area contributed by atoms with E-state index in [-0.39, 0.29) is 30.8 Å². The Labute approximate surface area is 220 Å². The van der Waals surface area contributed by atoms with Gasteiger partial charge in [0.05, 0.1) is 11.9 Å². The number of nitrogens with zero attached hydrogens (tertiary/aromatic N) is 2. The molecule has 0 radical (unpaired) electrons. The molecule has 7 nitrogen and oxygen atoms in total. The summed E-state index contributed by atoms with van der Waals surface area (Å²) in [6.07, 6.45) is 2.80. The molecule has 2 unspecified atom stereocenters. The van der Waals surface area contributed by atoms with Gasteiger partial charge in [0, 0.05) is 30.6 Å². The Morgan fingerprint density at radius 2 is 1.72 bits per heavy atom. The van der Waals surface area contributed by atoms with Crippen LogP contribution in [-0.4, -0.2) is 50.0 Å². The van der Waals surface area contributed by atoms with E-state index in [4.69, 9.17) is 11.6 Å². The SMILES string of the molecule is CCC(C)NC(=O)C(CC)N(Cc1ccccc1)C(=O)CCCN(c1cc(Cl)ccc1C)S(C)(=O)=O. The summed E-state index contributed by atoms with van der Waals surface area (Å²) in [7, 11) is -3.59. The van der Waals surface area contributed by atoms with Gasteiger partial charge in [-0.05, 0) is 56.4 Å². The number of hydrogen-bond donors (Lipinski definition) is 1. The van der Waals surface area contributed by atoms with E-state index in [1.165, 1.54) is 4.31 Å². The average Bonchev–Trinajstić information content (AvgIpc) is 2.83. The average molecular weight is 536 g/mol. The number of sulfonamides is 1. The number of hydrogen-bond acceptors (Lipinski definition) is 4. The maximum absolute atomic E-state index is 13.5. The Morgan fingerprint density at radius 3 is 2.31 bits per heavy atom. The third-order valence-corrected chi connectivity index (χ3v) is 7.59. The van der Waals surface area contributed by atoms with Crippen molar-refractivity contribution in [3.8, 4) is 0 Å². The molecule has 198 valence electrons. The summed E-state index contributed by atoms with van der Waals surface area (Å²) in [5.41, 5.74) is 2.19. The molecule has 0 heterocycles. The predicted molar refractivity (Wildman–Crippen MR) is 147 cm³/mol. The number of carbonyl (C=O) groups is 2. The first-order chi connectivity index (χ1) is 17.0. The summed E-state index contributed by atoms with van der Waals surface area (Å²) in [5, 5.41) is 3.43. The summed E-state index contributed by atoms with van der Waals surface area (Å²) in [6, 6.07) is 14.0. The van der Waals surface area contributed by atoms with E-state index in [2.05, 4.69) is 5.32 Å². The maximum atomic E-state index is 13.5. The van der Waals surface area contributed by atoms with Gasteiger partial charge in [0.2, 0.25) is 21.8 Å². The Balaban J connectivity index is 2.23. The van der Waals surface area contributed by atoms with Crippen molar-refractivity contribution in [3.63, 3.8) is 0 Å². The van der Waals surface area contributed by atoms with E-state index >= 15 is 0 Å². The van der Waals surface area contributed by atoms with Crippen LogP contribution in [0.2, 0.25) is 5.02 Å². The van der Waals surface area contributed by atoms with Crippen LogP contribution in [-0.2, 0) is 26.2 Å². The lowest BCUT2D eigenvalue weighted by atomic mass is 10.1. The monoisotopic (exact) mass is 535 g/mol. The first-order valence-electron chi connectivity index (χ1n) is 12.4. The van der Waals surface area contributed by atoms with Gasteiger partial charge in [-0.15, -0.1) is 0 Å². The first-order valence-corrected chi connectivity index (χ1v) is 14.6. The molecule has 2 atom stereocenters. The van der Waals surface area contributed by atoms with Crippen LogP contribution < -0.4 is 9.62 Å². The van der Waals surface area contributed by atoms with Gasteiger partial charge in [0.25, 0.3) is 0 Å². The van der Waals surface area contributed by atoms with Gasteiger partial charge in [-0.2, -0.15) is 0 Å². The number of rotatable bonds is 13. The van der Waals surface area contributed by atoms with Gasteiger partial charge >= 0.3 is 0 Å². The number of halogens is 1. The molecule has 0 spiro atoms. The van der Waals surface area contributed by atoms with E-state index < -0.39 is 16.1 Å². The summed E-state index contributed by atoms with van der Waals surface area (Å²) < 4.78 is 26.4. The zero-order valence-electron chi connectivity index (χ0n) is 21.8. The lowest BCUT2D eigenvalue weighted by Gasteiger charge is -2.32. The van der Waals surface area contributed by atoms with Crippen LogP contribution in [0.1, 0.15) is 57.6 Å². The number of benzene rings is 2. The summed E-state index contributed by atoms with van der Waals surface area (Å²) >= 11 is 6.12. The van der Waals surface area contributed by atoms with Gasteiger partial charge in [-0.1, -0.05) is 61.8 Å². The van der Waals surface area contributed by atoms with Crippen molar-refractivity contribution in [2.45, 2.75) is 72.0 Å². The lowest BCUT2D eigenvalue weighted by molar-refractivity contribution is -0.141. The molecule has 0 bridgehead atoms. The fourth-order valence-corrected chi connectivity index (χ4v) is 5.16. The second kappa shape index (κ2) is 13.7. The lowest BCUT2D eigenvalue weighted by Crippen LogP contribution is -2.50. The Hall–Kier alpha value is -2.58. The van der Waals surface area contributed by atoms with Crippen LogP contribution in [0.5, 0.6) is 0 Å². The number of aryl methyl sites for hydroxylation is 1. The molecule has 2 rings (SSSR count). The highest BCUT2D eigenvalue weighted by Crippen LogP contribution is 2.27. The van der Waals surface area contributed by atoms with Gasteiger partial charge in [0.15, 0.2) is 0 Å². The molecule has 0 saturated heterocycles. The third-order valence-electron chi connectivity index (χ3n) is 6.17. The highest BCUT2D eigenvalue weighted by atomic mass is 35.5. The topological polar surface area (TPSA) is 86.8 Å². The molecule has 9 heteroatoms. The van der Waals surface area contributed by atoms with Crippen molar-refractivity contribution in [1.82, 2.24) is 10.2 Å². The zero-order valence-corrected chi connectivity index (χ0v) is 23.4. The smallest absolute Gasteiger partial charge is 0.243 e. The molecule has 2 aromatic rings. The molecule has 2 aromatic carbocycles. The van der Waals surface area contributed by atoms with Crippen molar-refractivity contribution < 1.29 is 18.0 Å². The maximum Gasteiger partial charge on any atom is 0.243 e. The van der Waals surface area contributed by atoms with Gasteiger partial charge in [0.1, 0.15) is 6.04 Å². The minimum absolute atomic E-state index is 0.00415. The molecule has 0 aromatic heterocycles. The fraction of sp³-hybridized carbons (Fsp3) is 0.481. The quantitative estimate of drug-likeness (QED) is 0.394. The van der Waals surface area contributed by atoms with Crippen LogP contribution in [0.25, 0.3) is 0 Å². The van der Waals surface area contributed by atoms with Gasteiger partial charge in [-0.25, -0.2) is 8.42 Å². The zero-order chi connectivity index (χ0) is 26.9. The molecule has 1 N–H and O–H groups in total. The highest BCUT2D eigenvalue weighted by Gasteiger charge is 2.29. The molecular weight excluding hydrogens is 498 g/mol. The fourth-order valence-electron chi connectivity index (χ4n) is 3.97. The Bertz CT molecular complexity index is 1130. The largest absolute Gasteiger partial charge is 0.352 e. The van der Waals surface area contributed by atoms with E-state index in [0.29, 0.717) is 30.1 Å². The Kier molecular flexibility index (Phi) is 11.2. The van der Waals surface area contributed by atoms with Crippen LogP contribution in [0.4, 0.5) is 5.69 Å². The van der Waals surface area contributed by atoms with Crippen molar-refractivity contribution in [2.24, 2.45) is 0 Å². The van der Waals surface area contributed by atoms with Gasteiger partial charge in [-0.3, -0.25) is 13.9 Å². The van der Waals surface area contributed by atoms with E-state index in [9.17, 15) is 18.0 Å². The van der Waals surface area contributed by atoms with Crippen molar-refractivity contribution in [3.05, 3.63) is 64.7 Å². The van der Waals surface area contributed by atoms with E-state index in [1.54, 1.807) is 23.1 Å². The van der Waals surface area contributed by atoms with Crippen LogP contribution in [0.15, 0.2) is 48.5 Å². The number of carbonyl (C=O) groups excluding carboxylic acids is 2. The van der Waals surface area contributed by atoms with Crippen molar-refractivity contribution in [1.29, 1.82) is 0 Å².